The van der Waals surface area contributed by atoms with Crippen LogP contribution in [-0.2, 0) is 5.41 Å². The molecule has 2 fully saturated rings. The monoisotopic (exact) mass is 369 g/mol. The van der Waals surface area contributed by atoms with E-state index in [1.165, 1.54) is 17.5 Å². The van der Waals surface area contributed by atoms with E-state index < -0.39 is 0 Å². The fraction of sp³-hybridized carbons (Fsp3) is 0.667. The third-order valence-corrected chi connectivity index (χ3v) is 8.23. The van der Waals surface area contributed by atoms with E-state index in [0.717, 1.165) is 25.3 Å². The molecule has 0 aromatic heterocycles. The molecule has 1 aliphatic carbocycles. The molecule has 27 heavy (non-hydrogen) atoms. The summed E-state index contributed by atoms with van der Waals surface area (Å²) in [6.45, 7) is 11.4. The molecule has 0 spiro atoms. The number of methoxy groups -OCH3 is 1. The van der Waals surface area contributed by atoms with Crippen LogP contribution in [0.1, 0.15) is 57.6 Å². The molecule has 4 rings (SSSR count). The minimum Gasteiger partial charge on any atom is -0.497 e. The van der Waals surface area contributed by atoms with Crippen molar-refractivity contribution in [2.75, 3.05) is 20.2 Å². The Kier molecular flexibility index (Phi) is 4.88. The van der Waals surface area contributed by atoms with Gasteiger partial charge >= 0.3 is 0 Å². The molecule has 1 saturated heterocycles. The lowest BCUT2D eigenvalue weighted by atomic mass is 9.52. The van der Waals surface area contributed by atoms with Crippen molar-refractivity contribution in [3.63, 3.8) is 0 Å². The first kappa shape index (κ1) is 19.0. The number of hydrogen-bond donors (Lipinski definition) is 1. The van der Waals surface area contributed by atoms with Crippen molar-refractivity contribution in [3.05, 3.63) is 41.5 Å². The van der Waals surface area contributed by atoms with E-state index in [0.29, 0.717) is 23.8 Å². The zero-order chi connectivity index (χ0) is 19.3. The van der Waals surface area contributed by atoms with Crippen LogP contribution < -0.4 is 4.74 Å². The second-order valence-corrected chi connectivity index (χ2v) is 9.14. The standard InChI is InChI=1S/C24H35NO2/c1-6-15(2)20-14-18(27-5)9-10-21(20)24-11-13-25-12-7-8-19(23(24)25)22(26)16(3)17(24)4/h7-10,14-17,19,22-23,26H,6,11-13H2,1-5H3. The Morgan fingerprint density at radius 3 is 2.81 bits per heavy atom. The maximum atomic E-state index is 11.1. The molecule has 3 nitrogen and oxygen atoms in total. The minimum absolute atomic E-state index is 0.110. The van der Waals surface area contributed by atoms with E-state index in [9.17, 15) is 5.11 Å². The van der Waals surface area contributed by atoms with Gasteiger partial charge in [-0.15, -0.1) is 0 Å². The van der Waals surface area contributed by atoms with Crippen molar-refractivity contribution in [2.45, 2.75) is 64.0 Å². The Bertz CT molecular complexity index is 729. The summed E-state index contributed by atoms with van der Waals surface area (Å²) in [5, 5.41) is 11.1. The average molecular weight is 370 g/mol. The van der Waals surface area contributed by atoms with Gasteiger partial charge in [0.1, 0.15) is 5.75 Å². The Labute approximate surface area is 164 Å². The Morgan fingerprint density at radius 2 is 2.11 bits per heavy atom. The number of ether oxygens (including phenoxy) is 1. The molecule has 2 heterocycles. The van der Waals surface area contributed by atoms with Gasteiger partial charge in [-0.3, -0.25) is 4.90 Å². The summed E-state index contributed by atoms with van der Waals surface area (Å²) in [5.74, 6) is 2.43. The molecule has 7 atom stereocenters. The SMILES string of the molecule is CCC(C)c1cc(OC)ccc1C12CCN3CC=CC(C(O)C(C)C1C)C32. The fourth-order valence-electron chi connectivity index (χ4n) is 6.36. The highest BCUT2D eigenvalue weighted by Gasteiger charge is 2.61. The largest absolute Gasteiger partial charge is 0.497 e. The molecule has 7 unspecified atom stereocenters. The molecule has 0 amide bonds. The molecule has 0 bridgehead atoms. The highest BCUT2D eigenvalue weighted by atomic mass is 16.5. The van der Waals surface area contributed by atoms with Gasteiger partial charge in [-0.25, -0.2) is 0 Å². The van der Waals surface area contributed by atoms with Crippen molar-refractivity contribution in [2.24, 2.45) is 17.8 Å². The van der Waals surface area contributed by atoms with Gasteiger partial charge in [0.25, 0.3) is 0 Å². The lowest BCUT2D eigenvalue weighted by Crippen LogP contribution is -2.62. The Balaban J connectivity index is 1.92. The molecule has 3 aliphatic rings. The van der Waals surface area contributed by atoms with E-state index >= 15 is 0 Å². The number of hydrogen-bond acceptors (Lipinski definition) is 3. The molecule has 148 valence electrons. The summed E-state index contributed by atoms with van der Waals surface area (Å²) in [6.07, 6.45) is 6.64. The predicted molar refractivity (Wildman–Crippen MR) is 110 cm³/mol. The summed E-state index contributed by atoms with van der Waals surface area (Å²) in [4.78, 5) is 2.63. The van der Waals surface area contributed by atoms with Crippen LogP contribution in [0.3, 0.4) is 0 Å². The van der Waals surface area contributed by atoms with Crippen molar-refractivity contribution in [1.29, 1.82) is 0 Å². The van der Waals surface area contributed by atoms with Gasteiger partial charge in [0.2, 0.25) is 0 Å². The van der Waals surface area contributed by atoms with Crippen LogP contribution in [0.4, 0.5) is 0 Å². The first-order valence-electron chi connectivity index (χ1n) is 10.7. The molecular weight excluding hydrogens is 334 g/mol. The fourth-order valence-corrected chi connectivity index (χ4v) is 6.36. The lowest BCUT2D eigenvalue weighted by Gasteiger charge is -2.56. The minimum atomic E-state index is -0.249. The third kappa shape index (κ3) is 2.61. The van der Waals surface area contributed by atoms with Crippen LogP contribution in [0, 0.1) is 17.8 Å². The highest BCUT2D eigenvalue weighted by molar-refractivity contribution is 5.46. The molecule has 1 aromatic rings. The quantitative estimate of drug-likeness (QED) is 0.801. The van der Waals surface area contributed by atoms with Crippen LogP contribution in [0.15, 0.2) is 30.4 Å². The maximum absolute atomic E-state index is 11.1. The molecule has 2 aliphatic heterocycles. The summed E-state index contributed by atoms with van der Waals surface area (Å²) in [7, 11) is 1.76. The zero-order valence-electron chi connectivity index (χ0n) is 17.5. The van der Waals surface area contributed by atoms with E-state index in [-0.39, 0.29) is 17.4 Å². The number of aliphatic hydroxyl groups is 1. The Hall–Kier alpha value is -1.32. The zero-order valence-corrected chi connectivity index (χ0v) is 17.5. The molecule has 1 saturated carbocycles. The summed E-state index contributed by atoms with van der Waals surface area (Å²) < 4.78 is 5.58. The lowest BCUT2D eigenvalue weighted by molar-refractivity contribution is -0.0629. The Morgan fingerprint density at radius 1 is 1.33 bits per heavy atom. The van der Waals surface area contributed by atoms with Gasteiger partial charge in [-0.05, 0) is 60.4 Å². The van der Waals surface area contributed by atoms with Crippen molar-refractivity contribution < 1.29 is 9.84 Å². The molecule has 0 radical (unpaired) electrons. The number of benzene rings is 1. The van der Waals surface area contributed by atoms with Crippen LogP contribution >= 0.6 is 0 Å². The number of rotatable bonds is 4. The van der Waals surface area contributed by atoms with Crippen LogP contribution in [0.5, 0.6) is 5.75 Å². The van der Waals surface area contributed by atoms with Gasteiger partial charge in [-0.1, -0.05) is 45.9 Å². The number of nitrogens with zero attached hydrogens (tertiary/aromatic N) is 1. The van der Waals surface area contributed by atoms with Gasteiger partial charge < -0.3 is 9.84 Å². The predicted octanol–water partition coefficient (Wildman–Crippen LogP) is 4.35. The van der Waals surface area contributed by atoms with Gasteiger partial charge in [0.05, 0.1) is 13.2 Å². The normalized spacial score (nSPS) is 39.3. The van der Waals surface area contributed by atoms with E-state index in [1.807, 2.05) is 0 Å². The first-order chi connectivity index (χ1) is 13.0. The molecule has 1 aromatic carbocycles. The van der Waals surface area contributed by atoms with Crippen LogP contribution in [0.2, 0.25) is 0 Å². The molecule has 1 N–H and O–H groups in total. The number of aliphatic hydroxyl groups excluding tert-OH is 1. The van der Waals surface area contributed by atoms with Crippen LogP contribution in [-0.4, -0.2) is 42.4 Å². The summed E-state index contributed by atoms with van der Waals surface area (Å²) in [6, 6.07) is 7.17. The molecule has 3 heteroatoms. The van der Waals surface area contributed by atoms with Crippen molar-refractivity contribution >= 4 is 0 Å². The van der Waals surface area contributed by atoms with Crippen LogP contribution in [0.25, 0.3) is 0 Å². The van der Waals surface area contributed by atoms with E-state index in [4.69, 9.17) is 4.74 Å². The van der Waals surface area contributed by atoms with E-state index in [1.54, 1.807) is 7.11 Å². The summed E-state index contributed by atoms with van der Waals surface area (Å²) in [5.41, 5.74) is 3.07. The summed E-state index contributed by atoms with van der Waals surface area (Å²) >= 11 is 0. The maximum Gasteiger partial charge on any atom is 0.119 e. The highest BCUT2D eigenvalue weighted by Crippen LogP contribution is 2.58. The van der Waals surface area contributed by atoms with Crippen molar-refractivity contribution in [1.82, 2.24) is 4.90 Å². The second-order valence-electron chi connectivity index (χ2n) is 9.14. The first-order valence-corrected chi connectivity index (χ1v) is 10.7. The smallest absolute Gasteiger partial charge is 0.119 e. The van der Waals surface area contributed by atoms with Gasteiger partial charge in [0.15, 0.2) is 0 Å². The molecular formula is C24H35NO2. The topological polar surface area (TPSA) is 32.7 Å². The van der Waals surface area contributed by atoms with E-state index in [2.05, 4.69) is 62.9 Å². The van der Waals surface area contributed by atoms with Gasteiger partial charge in [-0.2, -0.15) is 0 Å². The van der Waals surface area contributed by atoms with Crippen molar-refractivity contribution in [3.8, 4) is 5.75 Å². The van der Waals surface area contributed by atoms with Gasteiger partial charge in [0, 0.05) is 23.9 Å². The average Bonchev–Trinajstić information content (AvgIpc) is 3.11. The second kappa shape index (κ2) is 6.93. The third-order valence-electron chi connectivity index (χ3n) is 8.23.